The van der Waals surface area contributed by atoms with Crippen LogP contribution < -0.4 is 4.74 Å². The molecule has 0 aliphatic heterocycles. The minimum Gasteiger partial charge on any atom is -0.494 e. The van der Waals surface area contributed by atoms with E-state index in [1.165, 1.54) is 17.9 Å². The third kappa shape index (κ3) is 2.28. The van der Waals surface area contributed by atoms with Crippen molar-refractivity contribution < 1.29 is 9.13 Å². The van der Waals surface area contributed by atoms with Crippen LogP contribution in [0.3, 0.4) is 0 Å². The largest absolute Gasteiger partial charge is 0.494 e. The van der Waals surface area contributed by atoms with Crippen LogP contribution in [0.5, 0.6) is 5.75 Å². The summed E-state index contributed by atoms with van der Waals surface area (Å²) < 4.78 is 19.7. The Morgan fingerprint density at radius 2 is 2.00 bits per heavy atom. The number of hydrogen-bond donors (Lipinski definition) is 0. The first kappa shape index (κ1) is 13.4. The molecule has 0 radical (unpaired) electrons. The lowest BCUT2D eigenvalue weighted by molar-refractivity contribution is 0.386. The lowest BCUT2D eigenvalue weighted by Gasteiger charge is -2.11. The Morgan fingerprint density at radius 1 is 1.20 bits per heavy atom. The molecule has 102 valence electrons. The van der Waals surface area contributed by atoms with Crippen LogP contribution in [-0.4, -0.2) is 7.11 Å². The lowest BCUT2D eigenvalue weighted by atomic mass is 10.0. The van der Waals surface area contributed by atoms with Crippen molar-refractivity contribution in [1.82, 2.24) is 0 Å². The molecule has 4 heteroatoms. The number of alkyl halides is 1. The number of rotatable bonds is 3. The smallest absolute Gasteiger partial charge is 0.165 e. The van der Waals surface area contributed by atoms with Crippen LogP contribution in [0.2, 0.25) is 0 Å². The van der Waals surface area contributed by atoms with Gasteiger partial charge in [-0.05, 0) is 40.1 Å². The van der Waals surface area contributed by atoms with Gasteiger partial charge in [-0.3, -0.25) is 0 Å². The van der Waals surface area contributed by atoms with E-state index in [-0.39, 0.29) is 16.9 Å². The van der Waals surface area contributed by atoms with Crippen molar-refractivity contribution in [3.05, 3.63) is 64.8 Å². The minimum absolute atomic E-state index is 0.215. The monoisotopic (exact) mass is 306 g/mol. The molecule has 0 aliphatic carbocycles. The first-order valence-corrected chi connectivity index (χ1v) is 7.46. The maximum Gasteiger partial charge on any atom is 0.165 e. The van der Waals surface area contributed by atoms with Gasteiger partial charge in [0.15, 0.2) is 11.6 Å². The Kier molecular flexibility index (Phi) is 3.64. The molecule has 0 N–H and O–H groups in total. The Morgan fingerprint density at radius 3 is 2.80 bits per heavy atom. The van der Waals surface area contributed by atoms with E-state index < -0.39 is 0 Å². The standard InChI is InChI=1S/C16H12ClFOS/c1-19-14-8-10(6-7-13(14)18)16(17)12-9-20-15-5-3-2-4-11(12)15/h2-9,16H,1H3. The van der Waals surface area contributed by atoms with Gasteiger partial charge in [-0.15, -0.1) is 22.9 Å². The fourth-order valence-corrected chi connectivity index (χ4v) is 3.59. The molecule has 20 heavy (non-hydrogen) atoms. The molecular weight excluding hydrogens is 295 g/mol. The van der Waals surface area contributed by atoms with Crippen LogP contribution in [0.25, 0.3) is 10.1 Å². The second-order valence-corrected chi connectivity index (χ2v) is 5.79. The highest BCUT2D eigenvalue weighted by Crippen LogP contribution is 2.38. The van der Waals surface area contributed by atoms with Gasteiger partial charge in [-0.1, -0.05) is 24.3 Å². The predicted octanol–water partition coefficient (Wildman–Crippen LogP) is 5.38. The van der Waals surface area contributed by atoms with Crippen LogP contribution in [0.15, 0.2) is 47.8 Å². The third-order valence-electron chi connectivity index (χ3n) is 3.25. The molecule has 0 saturated carbocycles. The Hall–Kier alpha value is -1.58. The number of halogens is 2. The quantitative estimate of drug-likeness (QED) is 0.590. The van der Waals surface area contributed by atoms with Crippen LogP contribution in [0, 0.1) is 5.82 Å². The van der Waals surface area contributed by atoms with E-state index in [1.807, 2.05) is 12.1 Å². The van der Waals surface area contributed by atoms with Crippen LogP contribution in [0.4, 0.5) is 4.39 Å². The van der Waals surface area contributed by atoms with Crippen molar-refractivity contribution in [3.63, 3.8) is 0 Å². The summed E-state index contributed by atoms with van der Waals surface area (Å²) in [5, 5.41) is 2.87. The third-order valence-corrected chi connectivity index (χ3v) is 4.72. The number of thiophene rings is 1. The molecule has 3 aromatic rings. The summed E-state index contributed by atoms with van der Waals surface area (Å²) in [4.78, 5) is 0. The van der Waals surface area contributed by atoms with Gasteiger partial charge in [0.05, 0.1) is 12.5 Å². The molecule has 0 bridgehead atoms. The highest BCUT2D eigenvalue weighted by molar-refractivity contribution is 7.17. The average molecular weight is 307 g/mol. The molecule has 1 aromatic heterocycles. The number of ether oxygens (including phenoxy) is 1. The van der Waals surface area contributed by atoms with E-state index in [9.17, 15) is 4.39 Å². The van der Waals surface area contributed by atoms with E-state index >= 15 is 0 Å². The molecule has 0 spiro atoms. The zero-order valence-corrected chi connectivity index (χ0v) is 12.3. The molecule has 1 heterocycles. The zero-order valence-electron chi connectivity index (χ0n) is 10.8. The molecule has 0 fully saturated rings. The molecule has 1 unspecified atom stereocenters. The molecule has 1 nitrogen and oxygen atoms in total. The topological polar surface area (TPSA) is 9.23 Å². The van der Waals surface area contributed by atoms with Gasteiger partial charge in [0.25, 0.3) is 0 Å². The highest BCUT2D eigenvalue weighted by atomic mass is 35.5. The van der Waals surface area contributed by atoms with Gasteiger partial charge in [-0.2, -0.15) is 0 Å². The van der Waals surface area contributed by atoms with Crippen molar-refractivity contribution in [2.24, 2.45) is 0 Å². The summed E-state index contributed by atoms with van der Waals surface area (Å²) >= 11 is 8.22. The second-order valence-electron chi connectivity index (χ2n) is 4.44. The van der Waals surface area contributed by atoms with Crippen molar-refractivity contribution >= 4 is 33.0 Å². The summed E-state index contributed by atoms with van der Waals surface area (Å²) in [6.07, 6.45) is 0. The van der Waals surface area contributed by atoms with Gasteiger partial charge < -0.3 is 4.74 Å². The Labute approximate surface area is 125 Å². The lowest BCUT2D eigenvalue weighted by Crippen LogP contribution is -1.95. The molecule has 2 aromatic carbocycles. The maximum absolute atomic E-state index is 13.5. The van der Waals surface area contributed by atoms with Gasteiger partial charge in [0.2, 0.25) is 0 Å². The summed E-state index contributed by atoms with van der Waals surface area (Å²) in [7, 11) is 1.45. The highest BCUT2D eigenvalue weighted by Gasteiger charge is 2.17. The molecular formula is C16H12ClFOS. The first-order chi connectivity index (χ1) is 9.70. The fourth-order valence-electron chi connectivity index (χ4n) is 2.21. The minimum atomic E-state index is -0.379. The van der Waals surface area contributed by atoms with E-state index in [0.29, 0.717) is 0 Å². The predicted molar refractivity (Wildman–Crippen MR) is 82.5 cm³/mol. The molecule has 0 amide bonds. The van der Waals surface area contributed by atoms with Crippen molar-refractivity contribution in [1.29, 1.82) is 0 Å². The molecule has 1 atom stereocenters. The van der Waals surface area contributed by atoms with Crippen molar-refractivity contribution in [3.8, 4) is 5.75 Å². The van der Waals surface area contributed by atoms with Crippen molar-refractivity contribution in [2.45, 2.75) is 5.38 Å². The number of benzene rings is 2. The Balaban J connectivity index is 2.06. The molecule has 3 rings (SSSR count). The van der Waals surface area contributed by atoms with Crippen LogP contribution >= 0.6 is 22.9 Å². The first-order valence-electron chi connectivity index (χ1n) is 6.14. The normalized spacial score (nSPS) is 12.6. The SMILES string of the molecule is COc1cc(C(Cl)c2csc3ccccc23)ccc1F. The van der Waals surface area contributed by atoms with Gasteiger partial charge in [0, 0.05) is 4.70 Å². The number of hydrogen-bond acceptors (Lipinski definition) is 2. The van der Waals surface area contributed by atoms with Gasteiger partial charge >= 0.3 is 0 Å². The van der Waals surface area contributed by atoms with Crippen LogP contribution in [-0.2, 0) is 0 Å². The van der Waals surface area contributed by atoms with Crippen molar-refractivity contribution in [2.75, 3.05) is 7.11 Å². The summed E-state index contributed by atoms with van der Waals surface area (Å²) in [6.45, 7) is 0. The molecule has 0 aliphatic rings. The Bertz CT molecular complexity index is 753. The van der Waals surface area contributed by atoms with E-state index in [1.54, 1.807) is 23.5 Å². The summed E-state index contributed by atoms with van der Waals surface area (Å²) in [6, 6.07) is 12.9. The fraction of sp³-hybridized carbons (Fsp3) is 0.125. The summed E-state index contributed by atoms with van der Waals surface area (Å²) in [5.74, 6) is -0.164. The molecule has 0 saturated heterocycles. The van der Waals surface area contributed by atoms with Gasteiger partial charge in [0.1, 0.15) is 0 Å². The summed E-state index contributed by atoms with van der Waals surface area (Å²) in [5.41, 5.74) is 1.87. The zero-order chi connectivity index (χ0) is 14.1. The van der Waals surface area contributed by atoms with E-state index in [2.05, 4.69) is 17.5 Å². The number of methoxy groups -OCH3 is 1. The number of fused-ring (bicyclic) bond motifs is 1. The second kappa shape index (κ2) is 5.43. The van der Waals surface area contributed by atoms with Crippen LogP contribution in [0.1, 0.15) is 16.5 Å². The van der Waals surface area contributed by atoms with E-state index in [4.69, 9.17) is 16.3 Å². The van der Waals surface area contributed by atoms with E-state index in [0.717, 1.165) is 16.5 Å². The maximum atomic E-state index is 13.5. The van der Waals surface area contributed by atoms with Gasteiger partial charge in [-0.25, -0.2) is 4.39 Å². The average Bonchev–Trinajstić information content (AvgIpc) is 2.91.